The van der Waals surface area contributed by atoms with Gasteiger partial charge in [-0.3, -0.25) is 10.3 Å². The molecule has 0 atom stereocenters. The molecular weight excluding hydrogens is 192 g/mol. The third-order valence-corrected chi connectivity index (χ3v) is 1.66. The molecule has 1 heterocycles. The van der Waals surface area contributed by atoms with E-state index in [4.69, 9.17) is 4.74 Å². The Hall–Kier alpha value is -1.58. The Kier molecular flexibility index (Phi) is 3.29. The first kappa shape index (κ1) is 11.5. The summed E-state index contributed by atoms with van der Waals surface area (Å²) in [6, 6.07) is 1.74. The van der Waals surface area contributed by atoms with E-state index in [1.807, 2.05) is 27.7 Å². The van der Waals surface area contributed by atoms with E-state index in [0.717, 1.165) is 11.3 Å². The van der Waals surface area contributed by atoms with Gasteiger partial charge in [-0.05, 0) is 39.3 Å². The molecule has 1 rings (SSSR count). The van der Waals surface area contributed by atoms with Crippen molar-refractivity contribution in [1.82, 2.24) is 4.98 Å². The standard InChI is InChI=1S/C11H16N2O2/c1-8-7-12-6-5-9(8)13-10(14)15-11(2,3)4/h5-7H,1-4H3,(H,12,13,14). The number of hydrogen-bond acceptors (Lipinski definition) is 3. The van der Waals surface area contributed by atoms with Crippen molar-refractivity contribution in [2.24, 2.45) is 0 Å². The molecular formula is C11H16N2O2. The highest BCUT2D eigenvalue weighted by molar-refractivity contribution is 5.85. The van der Waals surface area contributed by atoms with Gasteiger partial charge in [-0.2, -0.15) is 0 Å². The zero-order chi connectivity index (χ0) is 11.5. The number of aromatic nitrogens is 1. The second-order valence-electron chi connectivity index (χ2n) is 4.32. The molecule has 15 heavy (non-hydrogen) atoms. The van der Waals surface area contributed by atoms with Crippen LogP contribution in [-0.2, 0) is 4.74 Å². The van der Waals surface area contributed by atoms with Crippen LogP contribution in [0.15, 0.2) is 18.5 Å². The molecule has 82 valence electrons. The number of ether oxygens (including phenoxy) is 1. The number of nitrogens with one attached hydrogen (secondary N) is 1. The zero-order valence-corrected chi connectivity index (χ0v) is 9.50. The van der Waals surface area contributed by atoms with Crippen molar-refractivity contribution in [3.63, 3.8) is 0 Å². The van der Waals surface area contributed by atoms with Crippen molar-refractivity contribution in [1.29, 1.82) is 0 Å². The summed E-state index contributed by atoms with van der Waals surface area (Å²) in [4.78, 5) is 15.4. The van der Waals surface area contributed by atoms with Gasteiger partial charge in [0.15, 0.2) is 0 Å². The first-order chi connectivity index (χ1) is 6.88. The van der Waals surface area contributed by atoms with Crippen LogP contribution in [0.4, 0.5) is 10.5 Å². The number of carbonyl (C=O) groups is 1. The van der Waals surface area contributed by atoms with Gasteiger partial charge in [0.1, 0.15) is 5.60 Å². The van der Waals surface area contributed by atoms with Crippen LogP contribution >= 0.6 is 0 Å². The summed E-state index contributed by atoms with van der Waals surface area (Å²) in [6.45, 7) is 7.35. The topological polar surface area (TPSA) is 51.2 Å². The molecule has 0 aliphatic heterocycles. The van der Waals surface area contributed by atoms with Gasteiger partial charge in [-0.15, -0.1) is 0 Å². The molecule has 0 saturated carbocycles. The average Bonchev–Trinajstić information content (AvgIpc) is 2.05. The lowest BCUT2D eigenvalue weighted by atomic mass is 10.2. The minimum atomic E-state index is -0.481. The Balaban J connectivity index is 2.64. The Bertz CT molecular complexity index is 356. The summed E-state index contributed by atoms with van der Waals surface area (Å²) >= 11 is 0. The summed E-state index contributed by atoms with van der Waals surface area (Å²) in [7, 11) is 0. The molecule has 1 N–H and O–H groups in total. The van der Waals surface area contributed by atoms with E-state index >= 15 is 0 Å². The summed E-state index contributed by atoms with van der Waals surface area (Å²) in [6.07, 6.45) is 2.86. The maximum Gasteiger partial charge on any atom is 0.412 e. The molecule has 0 bridgehead atoms. The lowest BCUT2D eigenvalue weighted by Gasteiger charge is -2.20. The van der Waals surface area contributed by atoms with Crippen molar-refractivity contribution in [3.05, 3.63) is 24.0 Å². The minimum absolute atomic E-state index is 0.447. The van der Waals surface area contributed by atoms with Crippen LogP contribution in [0.2, 0.25) is 0 Å². The van der Waals surface area contributed by atoms with Gasteiger partial charge in [0.25, 0.3) is 0 Å². The van der Waals surface area contributed by atoms with Crippen molar-refractivity contribution in [2.75, 3.05) is 5.32 Å². The Morgan fingerprint density at radius 3 is 2.67 bits per heavy atom. The third kappa shape index (κ3) is 3.97. The van der Waals surface area contributed by atoms with Crippen LogP contribution < -0.4 is 5.32 Å². The van der Waals surface area contributed by atoms with Gasteiger partial charge in [0.2, 0.25) is 0 Å². The van der Waals surface area contributed by atoms with Crippen LogP contribution in [-0.4, -0.2) is 16.7 Å². The summed E-state index contributed by atoms with van der Waals surface area (Å²) < 4.78 is 5.13. The van der Waals surface area contributed by atoms with Crippen LogP contribution in [0.1, 0.15) is 26.3 Å². The predicted octanol–water partition coefficient (Wildman–Crippen LogP) is 2.74. The number of amides is 1. The summed E-state index contributed by atoms with van der Waals surface area (Å²) in [5, 5.41) is 2.67. The fourth-order valence-corrected chi connectivity index (χ4v) is 1.03. The zero-order valence-electron chi connectivity index (χ0n) is 9.50. The normalized spacial score (nSPS) is 10.9. The lowest BCUT2D eigenvalue weighted by molar-refractivity contribution is 0.0636. The quantitative estimate of drug-likeness (QED) is 0.772. The molecule has 1 aromatic rings. The van der Waals surface area contributed by atoms with Gasteiger partial charge in [0.05, 0.1) is 0 Å². The lowest BCUT2D eigenvalue weighted by Crippen LogP contribution is -2.27. The van der Waals surface area contributed by atoms with E-state index < -0.39 is 11.7 Å². The molecule has 0 aliphatic rings. The second kappa shape index (κ2) is 4.29. The van der Waals surface area contributed by atoms with Gasteiger partial charge in [-0.25, -0.2) is 4.79 Å². The summed E-state index contributed by atoms with van der Waals surface area (Å²) in [5.41, 5.74) is 1.15. The maximum absolute atomic E-state index is 11.4. The monoisotopic (exact) mass is 208 g/mol. The third-order valence-electron chi connectivity index (χ3n) is 1.66. The molecule has 0 aromatic carbocycles. The average molecular weight is 208 g/mol. The number of hydrogen-bond donors (Lipinski definition) is 1. The van der Waals surface area contributed by atoms with Gasteiger partial charge in [0, 0.05) is 18.1 Å². The molecule has 4 heteroatoms. The van der Waals surface area contributed by atoms with Gasteiger partial charge >= 0.3 is 6.09 Å². The second-order valence-corrected chi connectivity index (χ2v) is 4.32. The molecule has 0 radical (unpaired) electrons. The van der Waals surface area contributed by atoms with Crippen LogP contribution in [0.5, 0.6) is 0 Å². The van der Waals surface area contributed by atoms with Gasteiger partial charge < -0.3 is 4.74 Å². The summed E-state index contributed by atoms with van der Waals surface area (Å²) in [5.74, 6) is 0. The molecule has 4 nitrogen and oxygen atoms in total. The van der Waals surface area contributed by atoms with Crippen LogP contribution in [0, 0.1) is 6.92 Å². The number of aryl methyl sites for hydroxylation is 1. The van der Waals surface area contributed by atoms with E-state index in [1.165, 1.54) is 0 Å². The molecule has 0 spiro atoms. The highest BCUT2D eigenvalue weighted by Gasteiger charge is 2.16. The predicted molar refractivity (Wildman–Crippen MR) is 58.8 cm³/mol. The SMILES string of the molecule is Cc1cnccc1NC(=O)OC(C)(C)C. The first-order valence-corrected chi connectivity index (χ1v) is 4.79. The van der Waals surface area contributed by atoms with Crippen molar-refractivity contribution >= 4 is 11.8 Å². The molecule has 1 amide bonds. The number of pyridine rings is 1. The number of carbonyl (C=O) groups excluding carboxylic acids is 1. The smallest absolute Gasteiger partial charge is 0.412 e. The maximum atomic E-state index is 11.4. The van der Waals surface area contributed by atoms with E-state index in [-0.39, 0.29) is 0 Å². The van der Waals surface area contributed by atoms with Crippen molar-refractivity contribution < 1.29 is 9.53 Å². The van der Waals surface area contributed by atoms with Crippen LogP contribution in [0.3, 0.4) is 0 Å². The minimum Gasteiger partial charge on any atom is -0.444 e. The number of rotatable bonds is 1. The largest absolute Gasteiger partial charge is 0.444 e. The molecule has 0 saturated heterocycles. The number of anilines is 1. The Morgan fingerprint density at radius 1 is 1.47 bits per heavy atom. The Labute approximate surface area is 89.7 Å². The molecule has 0 unspecified atom stereocenters. The van der Waals surface area contributed by atoms with Crippen molar-refractivity contribution in [2.45, 2.75) is 33.3 Å². The van der Waals surface area contributed by atoms with Crippen molar-refractivity contribution in [3.8, 4) is 0 Å². The molecule has 0 fully saturated rings. The molecule has 1 aromatic heterocycles. The fourth-order valence-electron chi connectivity index (χ4n) is 1.03. The van der Waals surface area contributed by atoms with Crippen LogP contribution in [0.25, 0.3) is 0 Å². The highest BCUT2D eigenvalue weighted by Crippen LogP contribution is 2.14. The highest BCUT2D eigenvalue weighted by atomic mass is 16.6. The number of nitrogens with zero attached hydrogens (tertiary/aromatic N) is 1. The van der Waals surface area contributed by atoms with E-state index in [2.05, 4.69) is 10.3 Å². The Morgan fingerprint density at radius 2 is 2.13 bits per heavy atom. The fraction of sp³-hybridized carbons (Fsp3) is 0.455. The van der Waals surface area contributed by atoms with Gasteiger partial charge in [-0.1, -0.05) is 0 Å². The van der Waals surface area contributed by atoms with E-state index in [0.29, 0.717) is 0 Å². The van der Waals surface area contributed by atoms with E-state index in [1.54, 1.807) is 18.5 Å². The first-order valence-electron chi connectivity index (χ1n) is 4.79. The molecule has 0 aliphatic carbocycles. The van der Waals surface area contributed by atoms with E-state index in [9.17, 15) is 4.79 Å².